The molecule has 0 radical (unpaired) electrons. The number of urea groups is 1. The van der Waals surface area contributed by atoms with E-state index < -0.39 is 6.03 Å². The third kappa shape index (κ3) is 4.69. The number of carbonyl (C=O) groups excluding carboxylic acids is 2. The smallest absolute Gasteiger partial charge is 0.319 e. The molecule has 1 rings (SSSR count). The van der Waals surface area contributed by atoms with E-state index in [1.165, 1.54) is 18.2 Å². The van der Waals surface area contributed by atoms with Gasteiger partial charge in [-0.25, -0.2) is 4.79 Å². The number of nitrogens with one attached hydrogen (secondary N) is 2. The summed E-state index contributed by atoms with van der Waals surface area (Å²) in [6.07, 6.45) is 1.45. The molecule has 2 amide bonds. The molecule has 0 heterocycles. The molecule has 0 aliphatic heterocycles. The summed E-state index contributed by atoms with van der Waals surface area (Å²) >= 11 is 0. The molecule has 18 heavy (non-hydrogen) atoms. The van der Waals surface area contributed by atoms with Gasteiger partial charge in [0.2, 0.25) is 0 Å². The summed E-state index contributed by atoms with van der Waals surface area (Å²) in [4.78, 5) is 22.6. The Hall–Kier alpha value is -2.30. The molecule has 5 nitrogen and oxygen atoms in total. The number of phenols is 1. The third-order valence-electron chi connectivity index (χ3n) is 2.24. The van der Waals surface area contributed by atoms with E-state index in [1.54, 1.807) is 19.1 Å². The zero-order valence-corrected chi connectivity index (χ0v) is 10.1. The van der Waals surface area contributed by atoms with Crippen molar-refractivity contribution in [1.29, 1.82) is 0 Å². The number of hydrogen-bond acceptors (Lipinski definition) is 3. The van der Waals surface area contributed by atoms with Gasteiger partial charge in [-0.2, -0.15) is 0 Å². The molecule has 1 unspecified atom stereocenters. The molecule has 0 saturated carbocycles. The number of aromatic hydroxyl groups is 1. The maximum Gasteiger partial charge on any atom is 0.319 e. The summed E-state index contributed by atoms with van der Waals surface area (Å²) in [5.41, 5.74) is 0.563. The topological polar surface area (TPSA) is 78.4 Å². The van der Waals surface area contributed by atoms with Gasteiger partial charge in [0, 0.05) is 18.2 Å². The molecule has 0 bridgehead atoms. The van der Waals surface area contributed by atoms with Crippen molar-refractivity contribution >= 4 is 17.5 Å². The lowest BCUT2D eigenvalue weighted by molar-refractivity contribution is -0.114. The fraction of sp³-hybridized carbons (Fsp3) is 0.231. The molecule has 1 aromatic carbocycles. The maximum absolute atomic E-state index is 11.6. The molecular formula is C13H16N2O3. The molecule has 0 aliphatic carbocycles. The Bertz CT molecular complexity index is 440. The van der Waals surface area contributed by atoms with E-state index in [1.807, 2.05) is 0 Å². The van der Waals surface area contributed by atoms with Crippen LogP contribution in [0.1, 0.15) is 13.3 Å². The molecule has 96 valence electrons. The molecule has 0 aliphatic rings. The van der Waals surface area contributed by atoms with E-state index in [0.717, 1.165) is 0 Å². The molecule has 0 spiro atoms. The average Bonchev–Trinajstić information content (AvgIpc) is 2.31. The number of rotatable bonds is 5. The highest BCUT2D eigenvalue weighted by atomic mass is 16.3. The first-order chi connectivity index (χ1) is 8.51. The van der Waals surface area contributed by atoms with Crippen LogP contribution in [0.5, 0.6) is 5.75 Å². The Morgan fingerprint density at radius 3 is 2.56 bits per heavy atom. The lowest BCUT2D eigenvalue weighted by Crippen LogP contribution is -2.37. The lowest BCUT2D eigenvalue weighted by Gasteiger charge is -2.13. The van der Waals surface area contributed by atoms with Crippen molar-refractivity contribution in [3.63, 3.8) is 0 Å². The molecule has 0 saturated heterocycles. The van der Waals surface area contributed by atoms with Gasteiger partial charge >= 0.3 is 6.03 Å². The van der Waals surface area contributed by atoms with Crippen LogP contribution in [0, 0.1) is 0 Å². The van der Waals surface area contributed by atoms with Crippen LogP contribution < -0.4 is 10.6 Å². The highest BCUT2D eigenvalue weighted by Crippen LogP contribution is 2.13. The van der Waals surface area contributed by atoms with Gasteiger partial charge in [0.15, 0.2) is 5.78 Å². The van der Waals surface area contributed by atoms with Crippen molar-refractivity contribution in [3.8, 4) is 5.75 Å². The van der Waals surface area contributed by atoms with Crippen molar-refractivity contribution in [2.45, 2.75) is 19.4 Å². The van der Waals surface area contributed by atoms with Crippen LogP contribution in [-0.4, -0.2) is 23.0 Å². The second kappa shape index (κ2) is 6.44. The summed E-state index contributed by atoms with van der Waals surface area (Å²) in [6, 6.07) is 5.43. The van der Waals surface area contributed by atoms with Gasteiger partial charge in [-0.15, -0.1) is 0 Å². The van der Waals surface area contributed by atoms with Crippen LogP contribution in [-0.2, 0) is 4.79 Å². The quantitative estimate of drug-likeness (QED) is 0.551. The van der Waals surface area contributed by atoms with E-state index in [2.05, 4.69) is 17.2 Å². The Balaban J connectivity index is 2.44. The number of benzene rings is 1. The summed E-state index contributed by atoms with van der Waals surface area (Å²) in [7, 11) is 0. The van der Waals surface area contributed by atoms with Gasteiger partial charge in [0.1, 0.15) is 5.75 Å². The highest BCUT2D eigenvalue weighted by molar-refractivity contribution is 5.92. The van der Waals surface area contributed by atoms with Gasteiger partial charge in [-0.3, -0.25) is 4.79 Å². The normalized spacial score (nSPS) is 11.4. The summed E-state index contributed by atoms with van der Waals surface area (Å²) in [5.74, 6) is 0.0124. The second-order valence-corrected chi connectivity index (χ2v) is 3.92. The molecular weight excluding hydrogens is 232 g/mol. The van der Waals surface area contributed by atoms with Gasteiger partial charge < -0.3 is 15.7 Å². The average molecular weight is 248 g/mol. The van der Waals surface area contributed by atoms with Crippen LogP contribution in [0.3, 0.4) is 0 Å². The first-order valence-corrected chi connectivity index (χ1v) is 5.53. The zero-order valence-electron chi connectivity index (χ0n) is 10.1. The predicted octanol–water partition coefficient (Wildman–Crippen LogP) is 2.05. The van der Waals surface area contributed by atoms with Gasteiger partial charge in [0.25, 0.3) is 0 Å². The fourth-order valence-electron chi connectivity index (χ4n) is 1.37. The molecule has 3 N–H and O–H groups in total. The number of anilines is 1. The maximum atomic E-state index is 11.6. The van der Waals surface area contributed by atoms with E-state index in [9.17, 15) is 9.59 Å². The van der Waals surface area contributed by atoms with Crippen LogP contribution in [0.25, 0.3) is 0 Å². The van der Waals surface area contributed by atoms with Crippen molar-refractivity contribution in [2.75, 3.05) is 5.32 Å². The Kier molecular flexibility index (Phi) is 4.92. The largest absolute Gasteiger partial charge is 0.508 e. The van der Waals surface area contributed by atoms with E-state index in [-0.39, 0.29) is 24.0 Å². The Morgan fingerprint density at radius 1 is 1.39 bits per heavy atom. The minimum atomic E-state index is -0.398. The fourth-order valence-corrected chi connectivity index (χ4v) is 1.37. The van der Waals surface area contributed by atoms with Crippen molar-refractivity contribution in [3.05, 3.63) is 36.9 Å². The first-order valence-electron chi connectivity index (χ1n) is 5.53. The number of carbonyl (C=O) groups is 2. The minimum absolute atomic E-state index is 0.118. The monoisotopic (exact) mass is 248 g/mol. The Morgan fingerprint density at radius 2 is 2.00 bits per heavy atom. The summed E-state index contributed by atoms with van der Waals surface area (Å²) in [5, 5.41) is 14.3. The lowest BCUT2D eigenvalue weighted by atomic mass is 10.1. The van der Waals surface area contributed by atoms with Crippen molar-refractivity contribution in [2.24, 2.45) is 0 Å². The number of ketones is 1. The van der Waals surface area contributed by atoms with Crippen LogP contribution in [0.2, 0.25) is 0 Å². The SMILES string of the molecule is C=CC(=O)CC(C)NC(=O)Nc1ccc(O)cc1. The second-order valence-electron chi connectivity index (χ2n) is 3.92. The van der Waals surface area contributed by atoms with Crippen molar-refractivity contribution < 1.29 is 14.7 Å². The highest BCUT2D eigenvalue weighted by Gasteiger charge is 2.09. The summed E-state index contributed by atoms with van der Waals surface area (Å²) < 4.78 is 0. The third-order valence-corrected chi connectivity index (χ3v) is 2.24. The van der Waals surface area contributed by atoms with Crippen LogP contribution in [0.4, 0.5) is 10.5 Å². The molecule has 1 aromatic rings. The molecule has 1 atom stereocenters. The van der Waals surface area contributed by atoms with Crippen LogP contribution in [0.15, 0.2) is 36.9 Å². The molecule has 0 fully saturated rings. The standard InChI is InChI=1S/C13H16N2O3/c1-3-11(16)8-9(2)14-13(18)15-10-4-6-12(17)7-5-10/h3-7,9,17H,1,8H2,2H3,(H2,14,15,18). The van der Waals surface area contributed by atoms with E-state index >= 15 is 0 Å². The number of phenolic OH excluding ortho intramolecular Hbond substituents is 1. The summed E-state index contributed by atoms with van der Waals surface area (Å²) in [6.45, 7) is 5.10. The van der Waals surface area contributed by atoms with Gasteiger partial charge in [-0.1, -0.05) is 6.58 Å². The Labute approximate surface area is 106 Å². The van der Waals surface area contributed by atoms with E-state index in [0.29, 0.717) is 5.69 Å². The number of amides is 2. The number of hydrogen-bond donors (Lipinski definition) is 3. The van der Waals surface area contributed by atoms with Gasteiger partial charge in [0.05, 0.1) is 0 Å². The predicted molar refractivity (Wildman–Crippen MR) is 69.5 cm³/mol. The molecule has 5 heteroatoms. The first kappa shape index (κ1) is 13.8. The minimum Gasteiger partial charge on any atom is -0.508 e. The number of allylic oxidation sites excluding steroid dienone is 1. The zero-order chi connectivity index (χ0) is 13.5. The van der Waals surface area contributed by atoms with Crippen LogP contribution >= 0.6 is 0 Å². The van der Waals surface area contributed by atoms with Gasteiger partial charge in [-0.05, 0) is 37.3 Å². The van der Waals surface area contributed by atoms with E-state index in [4.69, 9.17) is 5.11 Å². The molecule has 0 aromatic heterocycles. The van der Waals surface area contributed by atoms with Crippen molar-refractivity contribution in [1.82, 2.24) is 5.32 Å².